The number of hydrogen-bond acceptors (Lipinski definition) is 4. The topological polar surface area (TPSA) is 47.9 Å². The third kappa shape index (κ3) is 7.18. The van der Waals surface area contributed by atoms with Crippen LogP contribution in [0.1, 0.15) is 52.0 Å². The summed E-state index contributed by atoms with van der Waals surface area (Å²) in [7, 11) is -2.67. The third-order valence-electron chi connectivity index (χ3n) is 7.34. The van der Waals surface area contributed by atoms with Crippen molar-refractivity contribution in [1.82, 2.24) is 0 Å². The zero-order chi connectivity index (χ0) is 26.1. The van der Waals surface area contributed by atoms with Crippen LogP contribution in [0.2, 0.25) is 5.04 Å². The minimum Gasteiger partial charge on any atom is -0.405 e. The summed E-state index contributed by atoms with van der Waals surface area (Å²) in [6.07, 6.45) is 3.64. The standard InChI is InChI=1S/C32H42O4Si/c1-32(2,3)37(30-18-9-5-10-19-30,31-20-11-6-12-21-31)36-25-27(33)24-35-29-17-13-16-28(22-29)34-23-26-14-7-4-8-15-26/h4-12,14-15,18-21,27-29,33H,13,16-17,22-25H2,1-3H3/t27?,28-,29+/m0/s1. The fraction of sp³-hybridized carbons (Fsp3) is 0.438. The first-order chi connectivity index (χ1) is 17.9. The van der Waals surface area contributed by atoms with Crippen LogP contribution in [0.3, 0.4) is 0 Å². The van der Waals surface area contributed by atoms with Gasteiger partial charge in [-0.3, -0.25) is 0 Å². The molecule has 3 aromatic carbocycles. The fourth-order valence-corrected chi connectivity index (χ4v) is 10.1. The fourth-order valence-electron chi connectivity index (χ4n) is 5.47. The predicted molar refractivity (Wildman–Crippen MR) is 153 cm³/mol. The molecule has 3 atom stereocenters. The van der Waals surface area contributed by atoms with Crippen LogP contribution in [-0.4, -0.2) is 44.9 Å². The quantitative estimate of drug-likeness (QED) is 0.342. The number of benzene rings is 3. The smallest absolute Gasteiger partial charge is 0.261 e. The van der Waals surface area contributed by atoms with Crippen LogP contribution < -0.4 is 10.4 Å². The number of aliphatic hydroxyl groups excluding tert-OH is 1. The van der Waals surface area contributed by atoms with Gasteiger partial charge in [0.2, 0.25) is 0 Å². The first-order valence-corrected chi connectivity index (χ1v) is 15.5. The zero-order valence-corrected chi connectivity index (χ0v) is 23.5. The number of aliphatic hydroxyl groups is 1. The molecule has 0 saturated heterocycles. The molecule has 37 heavy (non-hydrogen) atoms. The molecule has 0 heterocycles. The molecule has 0 aliphatic heterocycles. The monoisotopic (exact) mass is 518 g/mol. The Morgan fingerprint density at radius 2 is 1.27 bits per heavy atom. The highest BCUT2D eigenvalue weighted by atomic mass is 28.4. The lowest BCUT2D eigenvalue weighted by Gasteiger charge is -2.43. The first-order valence-electron chi connectivity index (χ1n) is 13.6. The van der Waals surface area contributed by atoms with Gasteiger partial charge in [-0.15, -0.1) is 0 Å². The average Bonchev–Trinajstić information content (AvgIpc) is 2.92. The van der Waals surface area contributed by atoms with E-state index in [9.17, 15) is 5.11 Å². The zero-order valence-electron chi connectivity index (χ0n) is 22.5. The van der Waals surface area contributed by atoms with Gasteiger partial charge in [-0.2, -0.15) is 0 Å². The van der Waals surface area contributed by atoms with Gasteiger partial charge in [0.15, 0.2) is 0 Å². The van der Waals surface area contributed by atoms with Gasteiger partial charge in [0, 0.05) is 0 Å². The molecule has 0 aromatic heterocycles. The highest BCUT2D eigenvalue weighted by Gasteiger charge is 2.50. The Balaban J connectivity index is 1.36. The van der Waals surface area contributed by atoms with Gasteiger partial charge in [-0.25, -0.2) is 0 Å². The molecule has 1 aliphatic rings. The molecular formula is C32H42O4Si. The normalized spacial score (nSPS) is 19.5. The highest BCUT2D eigenvalue weighted by molar-refractivity contribution is 6.99. The van der Waals surface area contributed by atoms with E-state index in [0.29, 0.717) is 6.61 Å². The summed E-state index contributed by atoms with van der Waals surface area (Å²) in [4.78, 5) is 0. The molecule has 0 bridgehead atoms. The van der Waals surface area contributed by atoms with Crippen LogP contribution in [0.25, 0.3) is 0 Å². The SMILES string of the molecule is CC(C)(C)[Si](OCC(O)CO[C@@H]1CCC[C@H](OCc2ccccc2)C1)(c1ccccc1)c1ccccc1. The van der Waals surface area contributed by atoms with E-state index in [4.69, 9.17) is 13.9 Å². The summed E-state index contributed by atoms with van der Waals surface area (Å²) in [6, 6.07) is 31.4. The minimum absolute atomic E-state index is 0.108. The molecule has 4 rings (SSSR count). The maximum atomic E-state index is 11.0. The second-order valence-corrected chi connectivity index (χ2v) is 15.5. The van der Waals surface area contributed by atoms with Crippen molar-refractivity contribution in [1.29, 1.82) is 0 Å². The van der Waals surface area contributed by atoms with E-state index in [1.54, 1.807) is 0 Å². The van der Waals surface area contributed by atoms with Crippen LogP contribution in [0, 0.1) is 0 Å². The Morgan fingerprint density at radius 3 is 1.81 bits per heavy atom. The summed E-state index contributed by atoms with van der Waals surface area (Å²) in [5, 5.41) is 13.3. The van der Waals surface area contributed by atoms with Gasteiger partial charge in [-0.05, 0) is 46.7 Å². The van der Waals surface area contributed by atoms with Crippen molar-refractivity contribution < 1.29 is 19.0 Å². The molecule has 1 saturated carbocycles. The molecular weight excluding hydrogens is 476 g/mol. The summed E-state index contributed by atoms with van der Waals surface area (Å²) >= 11 is 0. The number of rotatable bonds is 11. The average molecular weight is 519 g/mol. The van der Waals surface area contributed by atoms with Gasteiger partial charge in [-0.1, -0.05) is 112 Å². The second-order valence-electron chi connectivity index (χ2n) is 11.2. The van der Waals surface area contributed by atoms with E-state index in [1.165, 1.54) is 15.9 Å². The second kappa shape index (κ2) is 13.0. The molecule has 1 N–H and O–H groups in total. The van der Waals surface area contributed by atoms with Crippen molar-refractivity contribution in [2.45, 2.75) is 76.4 Å². The third-order valence-corrected chi connectivity index (χ3v) is 12.3. The highest BCUT2D eigenvalue weighted by Crippen LogP contribution is 2.36. The Kier molecular flexibility index (Phi) is 9.74. The van der Waals surface area contributed by atoms with Crippen molar-refractivity contribution in [2.24, 2.45) is 0 Å². The Hall–Kier alpha value is -2.28. The largest absolute Gasteiger partial charge is 0.405 e. The van der Waals surface area contributed by atoms with Gasteiger partial charge in [0.1, 0.15) is 0 Å². The molecule has 1 fully saturated rings. The predicted octanol–water partition coefficient (Wildman–Crippen LogP) is 5.47. The van der Waals surface area contributed by atoms with Crippen LogP contribution in [0.4, 0.5) is 0 Å². The van der Waals surface area contributed by atoms with Gasteiger partial charge >= 0.3 is 0 Å². The lowest BCUT2D eigenvalue weighted by molar-refractivity contribution is -0.0750. The van der Waals surface area contributed by atoms with Crippen molar-refractivity contribution in [3.8, 4) is 0 Å². The van der Waals surface area contributed by atoms with E-state index in [0.717, 1.165) is 25.7 Å². The Labute approximate surface area is 223 Å². The van der Waals surface area contributed by atoms with Crippen molar-refractivity contribution in [2.75, 3.05) is 13.2 Å². The van der Waals surface area contributed by atoms with E-state index in [1.807, 2.05) is 30.3 Å². The van der Waals surface area contributed by atoms with Gasteiger partial charge < -0.3 is 19.0 Å². The minimum atomic E-state index is -2.67. The molecule has 0 radical (unpaired) electrons. The van der Waals surface area contributed by atoms with Gasteiger partial charge in [0.25, 0.3) is 8.32 Å². The van der Waals surface area contributed by atoms with Crippen LogP contribution in [0.5, 0.6) is 0 Å². The van der Waals surface area contributed by atoms with Crippen LogP contribution in [0.15, 0.2) is 91.0 Å². The number of hydrogen-bond donors (Lipinski definition) is 1. The summed E-state index contributed by atoms with van der Waals surface area (Å²) in [5.74, 6) is 0. The lowest BCUT2D eigenvalue weighted by Crippen LogP contribution is -2.67. The molecule has 0 spiro atoms. The lowest BCUT2D eigenvalue weighted by atomic mass is 9.95. The first kappa shape index (κ1) is 27.7. The molecule has 3 aromatic rings. The Bertz CT molecular complexity index is 1010. The van der Waals surface area contributed by atoms with E-state index in [2.05, 4.69) is 81.4 Å². The maximum absolute atomic E-state index is 11.0. The van der Waals surface area contributed by atoms with Crippen molar-refractivity contribution >= 4 is 18.7 Å². The summed E-state index contributed by atoms with van der Waals surface area (Å²) in [5.41, 5.74) is 1.20. The molecule has 198 valence electrons. The molecule has 1 aliphatic carbocycles. The van der Waals surface area contributed by atoms with E-state index >= 15 is 0 Å². The Morgan fingerprint density at radius 1 is 0.757 bits per heavy atom. The van der Waals surface area contributed by atoms with E-state index < -0.39 is 14.4 Å². The van der Waals surface area contributed by atoms with Crippen molar-refractivity contribution in [3.63, 3.8) is 0 Å². The van der Waals surface area contributed by atoms with Crippen molar-refractivity contribution in [3.05, 3.63) is 96.6 Å². The maximum Gasteiger partial charge on any atom is 0.261 e. The van der Waals surface area contributed by atoms with Gasteiger partial charge in [0.05, 0.1) is 38.1 Å². The molecule has 5 heteroatoms. The molecule has 0 amide bonds. The molecule has 1 unspecified atom stereocenters. The number of ether oxygens (including phenoxy) is 2. The van der Waals surface area contributed by atoms with E-state index in [-0.39, 0.29) is 30.5 Å². The summed E-state index contributed by atoms with van der Waals surface area (Å²) < 4.78 is 19.2. The van der Waals surface area contributed by atoms with Crippen LogP contribution >= 0.6 is 0 Å². The summed E-state index contributed by atoms with van der Waals surface area (Å²) in [6.45, 7) is 7.90. The van der Waals surface area contributed by atoms with Crippen LogP contribution in [-0.2, 0) is 20.5 Å². The molecule has 4 nitrogen and oxygen atoms in total.